The fraction of sp³-hybridized carbons (Fsp3) is 0.500. The molecule has 0 radical (unpaired) electrons. The molecule has 1 aliphatic rings. The minimum atomic E-state index is -0.149. The highest BCUT2D eigenvalue weighted by Crippen LogP contribution is 2.24. The van der Waals surface area contributed by atoms with Crippen LogP contribution in [0, 0.1) is 0 Å². The zero-order chi connectivity index (χ0) is 16.1. The summed E-state index contributed by atoms with van der Waals surface area (Å²) in [5.41, 5.74) is 1.24. The minimum Gasteiger partial charge on any atom is -0.459 e. The molecule has 3 heterocycles. The molecule has 0 bridgehead atoms. The number of carbonyl (C=O) groups excluding carboxylic acids is 1. The molecule has 5 nitrogen and oxygen atoms in total. The molecule has 0 saturated carbocycles. The second-order valence-electron chi connectivity index (χ2n) is 6.20. The quantitative estimate of drug-likeness (QED) is 0.923. The highest BCUT2D eigenvalue weighted by atomic mass is 16.3. The third kappa shape index (κ3) is 3.85. The molecule has 124 valence electrons. The lowest BCUT2D eigenvalue weighted by atomic mass is 10.1. The first-order chi connectivity index (χ1) is 11.3. The molecule has 23 heavy (non-hydrogen) atoms. The number of nitrogens with one attached hydrogen (secondary N) is 1. The summed E-state index contributed by atoms with van der Waals surface area (Å²) in [6.45, 7) is 2.77. The van der Waals surface area contributed by atoms with E-state index in [1.54, 1.807) is 12.1 Å². The second kappa shape index (κ2) is 7.51. The third-order valence-electron chi connectivity index (χ3n) is 4.61. The zero-order valence-corrected chi connectivity index (χ0v) is 13.7. The van der Waals surface area contributed by atoms with E-state index in [0.29, 0.717) is 12.3 Å². The Labute approximate surface area is 137 Å². The van der Waals surface area contributed by atoms with Gasteiger partial charge in [0.05, 0.1) is 12.3 Å². The molecule has 0 spiro atoms. The summed E-state index contributed by atoms with van der Waals surface area (Å²) in [6, 6.07) is 7.84. The summed E-state index contributed by atoms with van der Waals surface area (Å²) in [6.07, 6.45) is 8.65. The van der Waals surface area contributed by atoms with Crippen LogP contribution in [-0.4, -0.2) is 35.0 Å². The fourth-order valence-electron chi connectivity index (χ4n) is 3.33. The first-order valence-corrected chi connectivity index (χ1v) is 8.42. The molecule has 0 unspecified atom stereocenters. The van der Waals surface area contributed by atoms with Crippen molar-refractivity contribution in [1.82, 2.24) is 14.8 Å². The first kappa shape index (κ1) is 15.9. The van der Waals surface area contributed by atoms with E-state index in [-0.39, 0.29) is 11.9 Å². The maximum absolute atomic E-state index is 12.2. The zero-order valence-electron chi connectivity index (χ0n) is 13.7. The molecule has 1 saturated heterocycles. The highest BCUT2D eigenvalue weighted by Gasteiger charge is 2.24. The van der Waals surface area contributed by atoms with Crippen molar-refractivity contribution in [2.45, 2.75) is 31.7 Å². The molecule has 1 aliphatic heterocycles. The lowest BCUT2D eigenvalue weighted by Crippen LogP contribution is -2.39. The van der Waals surface area contributed by atoms with Gasteiger partial charge in [0.2, 0.25) is 0 Å². The number of hydrogen-bond acceptors (Lipinski definition) is 3. The number of hydrogen-bond donors (Lipinski definition) is 1. The van der Waals surface area contributed by atoms with Gasteiger partial charge in [-0.15, -0.1) is 0 Å². The Kier molecular flexibility index (Phi) is 5.18. The Bertz CT molecular complexity index is 610. The average molecular weight is 315 g/mol. The van der Waals surface area contributed by atoms with E-state index in [2.05, 4.69) is 40.2 Å². The maximum atomic E-state index is 12.2. The third-order valence-corrected chi connectivity index (χ3v) is 4.61. The maximum Gasteiger partial charge on any atom is 0.287 e. The van der Waals surface area contributed by atoms with Gasteiger partial charge in [0, 0.05) is 25.5 Å². The van der Waals surface area contributed by atoms with Gasteiger partial charge in [0.25, 0.3) is 5.91 Å². The minimum absolute atomic E-state index is 0.149. The molecule has 1 atom stereocenters. The number of furan rings is 1. The molecular formula is C18H25N3O2. The summed E-state index contributed by atoms with van der Waals surface area (Å²) in [5.74, 6) is 0.218. The number of nitrogens with zero attached hydrogens (tertiary/aromatic N) is 2. The summed E-state index contributed by atoms with van der Waals surface area (Å²) < 4.78 is 7.32. The van der Waals surface area contributed by atoms with Crippen molar-refractivity contribution in [2.75, 3.05) is 19.6 Å². The van der Waals surface area contributed by atoms with E-state index < -0.39 is 0 Å². The van der Waals surface area contributed by atoms with E-state index in [4.69, 9.17) is 4.42 Å². The molecule has 2 aromatic heterocycles. The summed E-state index contributed by atoms with van der Waals surface area (Å²) >= 11 is 0. The van der Waals surface area contributed by atoms with Gasteiger partial charge in [-0.2, -0.15) is 0 Å². The molecule has 3 rings (SSSR count). The summed E-state index contributed by atoms with van der Waals surface area (Å²) in [5, 5.41) is 3.03. The van der Waals surface area contributed by atoms with Crippen LogP contribution in [0.25, 0.3) is 0 Å². The van der Waals surface area contributed by atoms with Crippen LogP contribution in [0.2, 0.25) is 0 Å². The smallest absolute Gasteiger partial charge is 0.287 e. The Morgan fingerprint density at radius 2 is 2.00 bits per heavy atom. The van der Waals surface area contributed by atoms with Gasteiger partial charge in [-0.25, -0.2) is 0 Å². The topological polar surface area (TPSA) is 50.4 Å². The van der Waals surface area contributed by atoms with Gasteiger partial charge in [0.15, 0.2) is 5.76 Å². The number of amides is 1. The molecule has 0 aromatic carbocycles. The predicted octanol–water partition coefficient (Wildman–Crippen LogP) is 2.97. The van der Waals surface area contributed by atoms with Crippen LogP contribution in [0.5, 0.6) is 0 Å². The molecule has 2 aromatic rings. The molecular weight excluding hydrogens is 290 g/mol. The van der Waals surface area contributed by atoms with Gasteiger partial charge in [-0.05, 0) is 50.2 Å². The average Bonchev–Trinajstić information content (AvgIpc) is 3.15. The monoisotopic (exact) mass is 315 g/mol. The number of aromatic nitrogens is 1. The number of rotatable bonds is 5. The largest absolute Gasteiger partial charge is 0.459 e. The Balaban J connectivity index is 1.72. The summed E-state index contributed by atoms with van der Waals surface area (Å²) in [4.78, 5) is 14.7. The van der Waals surface area contributed by atoms with Crippen LogP contribution >= 0.6 is 0 Å². The fourth-order valence-corrected chi connectivity index (χ4v) is 3.33. The van der Waals surface area contributed by atoms with Crippen LogP contribution in [0.3, 0.4) is 0 Å². The number of carbonyl (C=O) groups is 1. The van der Waals surface area contributed by atoms with Crippen LogP contribution < -0.4 is 5.32 Å². The van der Waals surface area contributed by atoms with E-state index in [9.17, 15) is 4.79 Å². The highest BCUT2D eigenvalue weighted by molar-refractivity contribution is 5.91. The van der Waals surface area contributed by atoms with Crippen LogP contribution in [0.1, 0.15) is 48.0 Å². The van der Waals surface area contributed by atoms with Crippen LogP contribution in [0.4, 0.5) is 0 Å². The van der Waals surface area contributed by atoms with Gasteiger partial charge in [-0.3, -0.25) is 9.69 Å². The number of likely N-dealkylation sites (tertiary alicyclic amines) is 1. The van der Waals surface area contributed by atoms with Crippen molar-refractivity contribution < 1.29 is 9.21 Å². The van der Waals surface area contributed by atoms with Crippen molar-refractivity contribution in [3.8, 4) is 0 Å². The van der Waals surface area contributed by atoms with Crippen LogP contribution in [0.15, 0.2) is 41.1 Å². The molecule has 0 aliphatic carbocycles. The van der Waals surface area contributed by atoms with Crippen molar-refractivity contribution in [3.05, 3.63) is 48.2 Å². The summed E-state index contributed by atoms with van der Waals surface area (Å²) in [7, 11) is 2.06. The molecule has 1 N–H and O–H groups in total. The Morgan fingerprint density at radius 3 is 2.61 bits per heavy atom. The molecule has 5 heteroatoms. The molecule has 1 fully saturated rings. The van der Waals surface area contributed by atoms with E-state index >= 15 is 0 Å². The van der Waals surface area contributed by atoms with Crippen LogP contribution in [-0.2, 0) is 7.05 Å². The van der Waals surface area contributed by atoms with Gasteiger partial charge in [-0.1, -0.05) is 12.8 Å². The lowest BCUT2D eigenvalue weighted by Gasteiger charge is -2.31. The van der Waals surface area contributed by atoms with Crippen molar-refractivity contribution >= 4 is 5.91 Å². The van der Waals surface area contributed by atoms with Crippen molar-refractivity contribution in [1.29, 1.82) is 0 Å². The SMILES string of the molecule is Cn1cccc1[C@H](CNC(=O)c1ccco1)N1CCCCCC1. The van der Waals surface area contributed by atoms with E-state index in [1.807, 2.05) is 0 Å². The Hall–Kier alpha value is -2.01. The van der Waals surface area contributed by atoms with Crippen molar-refractivity contribution in [3.63, 3.8) is 0 Å². The normalized spacial score (nSPS) is 17.6. The molecule has 1 amide bonds. The first-order valence-electron chi connectivity index (χ1n) is 8.42. The van der Waals surface area contributed by atoms with Crippen molar-refractivity contribution in [2.24, 2.45) is 7.05 Å². The van der Waals surface area contributed by atoms with E-state index in [1.165, 1.54) is 37.6 Å². The van der Waals surface area contributed by atoms with Gasteiger partial charge < -0.3 is 14.3 Å². The number of aryl methyl sites for hydroxylation is 1. The standard InChI is InChI=1S/C18H25N3O2/c1-20-10-6-8-15(20)16(21-11-4-2-3-5-12-21)14-19-18(22)17-9-7-13-23-17/h6-10,13,16H,2-5,11-12,14H2,1H3,(H,19,22)/t16-/m0/s1. The Morgan fingerprint density at radius 1 is 1.22 bits per heavy atom. The second-order valence-corrected chi connectivity index (χ2v) is 6.20. The lowest BCUT2D eigenvalue weighted by molar-refractivity contribution is 0.0904. The van der Waals surface area contributed by atoms with Gasteiger partial charge in [0.1, 0.15) is 0 Å². The predicted molar refractivity (Wildman–Crippen MR) is 89.2 cm³/mol. The van der Waals surface area contributed by atoms with E-state index in [0.717, 1.165) is 13.1 Å². The van der Waals surface area contributed by atoms with Gasteiger partial charge >= 0.3 is 0 Å².